The number of unbranched alkanes of at least 4 members (excludes halogenated alkanes) is 1. The Balaban J connectivity index is 2.64. The lowest BCUT2D eigenvalue weighted by molar-refractivity contribution is 0.365. The molecule has 90 valence electrons. The molecule has 0 saturated heterocycles. The highest BCUT2D eigenvalue weighted by Gasteiger charge is 2.22. The quantitative estimate of drug-likeness (QED) is 0.779. The van der Waals surface area contributed by atoms with Crippen molar-refractivity contribution in [3.63, 3.8) is 0 Å². The fourth-order valence-electron chi connectivity index (χ4n) is 1.93. The van der Waals surface area contributed by atoms with Gasteiger partial charge in [0.15, 0.2) is 0 Å². The lowest BCUT2D eigenvalue weighted by atomic mass is 9.85. The minimum absolute atomic E-state index is 0.0111. The molecule has 0 aromatic heterocycles. The Morgan fingerprint density at radius 1 is 1.19 bits per heavy atom. The van der Waals surface area contributed by atoms with Gasteiger partial charge in [0.2, 0.25) is 0 Å². The molecule has 0 aliphatic heterocycles. The normalized spacial score (nSPS) is 14.8. The third-order valence-electron chi connectivity index (χ3n) is 3.20. The number of hydrogen-bond donors (Lipinski definition) is 1. The van der Waals surface area contributed by atoms with Crippen molar-refractivity contribution in [2.75, 3.05) is 0 Å². The molecule has 0 bridgehead atoms. The van der Waals surface area contributed by atoms with Gasteiger partial charge in [-0.1, -0.05) is 38.8 Å². The zero-order valence-corrected chi connectivity index (χ0v) is 12.5. The molecule has 0 saturated carbocycles. The van der Waals surface area contributed by atoms with Crippen molar-refractivity contribution in [2.45, 2.75) is 51.5 Å². The highest BCUT2D eigenvalue weighted by Crippen LogP contribution is 2.21. The van der Waals surface area contributed by atoms with E-state index in [1.54, 1.807) is 0 Å². The molecule has 0 spiro atoms. The second-order valence-electron chi connectivity index (χ2n) is 4.62. The summed E-state index contributed by atoms with van der Waals surface area (Å²) in [6.07, 6.45) is 5.64. The van der Waals surface area contributed by atoms with Gasteiger partial charge in [-0.25, -0.2) is 0 Å². The Bertz CT molecular complexity index is 307. The summed E-state index contributed by atoms with van der Waals surface area (Å²) in [5, 5.41) is 0. The highest BCUT2D eigenvalue weighted by atomic mass is 127. The van der Waals surface area contributed by atoms with Gasteiger partial charge >= 0.3 is 0 Å². The molecule has 0 aliphatic rings. The van der Waals surface area contributed by atoms with Gasteiger partial charge in [0, 0.05) is 9.11 Å². The molecule has 16 heavy (non-hydrogen) atoms. The SMILES string of the molecule is CCCCC(N)(CC)Cc1ccc(I)cc1. The second kappa shape index (κ2) is 6.60. The van der Waals surface area contributed by atoms with Gasteiger partial charge in [-0.3, -0.25) is 0 Å². The number of benzene rings is 1. The Morgan fingerprint density at radius 3 is 2.31 bits per heavy atom. The summed E-state index contributed by atoms with van der Waals surface area (Å²) >= 11 is 2.33. The summed E-state index contributed by atoms with van der Waals surface area (Å²) in [4.78, 5) is 0. The van der Waals surface area contributed by atoms with Crippen LogP contribution in [0.1, 0.15) is 45.1 Å². The molecule has 1 atom stereocenters. The van der Waals surface area contributed by atoms with Crippen molar-refractivity contribution < 1.29 is 0 Å². The van der Waals surface area contributed by atoms with Gasteiger partial charge < -0.3 is 5.73 Å². The molecule has 0 heterocycles. The van der Waals surface area contributed by atoms with Crippen LogP contribution in [0, 0.1) is 3.57 Å². The number of nitrogens with two attached hydrogens (primary N) is 1. The fourth-order valence-corrected chi connectivity index (χ4v) is 2.29. The molecule has 1 aromatic carbocycles. The lowest BCUT2D eigenvalue weighted by Crippen LogP contribution is -2.41. The van der Waals surface area contributed by atoms with Crippen LogP contribution in [-0.2, 0) is 6.42 Å². The maximum absolute atomic E-state index is 6.45. The summed E-state index contributed by atoms with van der Waals surface area (Å²) in [7, 11) is 0. The molecule has 1 rings (SSSR count). The Hall–Kier alpha value is -0.0900. The first-order valence-electron chi connectivity index (χ1n) is 6.13. The molecule has 2 N–H and O–H groups in total. The minimum atomic E-state index is -0.0111. The van der Waals surface area contributed by atoms with E-state index in [2.05, 4.69) is 60.7 Å². The van der Waals surface area contributed by atoms with Crippen LogP contribution in [0.4, 0.5) is 0 Å². The van der Waals surface area contributed by atoms with Crippen LogP contribution in [0.5, 0.6) is 0 Å². The Morgan fingerprint density at radius 2 is 1.81 bits per heavy atom. The highest BCUT2D eigenvalue weighted by molar-refractivity contribution is 14.1. The van der Waals surface area contributed by atoms with Crippen molar-refractivity contribution in [1.29, 1.82) is 0 Å². The largest absolute Gasteiger partial charge is 0.325 e. The third-order valence-corrected chi connectivity index (χ3v) is 3.92. The van der Waals surface area contributed by atoms with Crippen molar-refractivity contribution in [1.82, 2.24) is 0 Å². The topological polar surface area (TPSA) is 26.0 Å². The molecule has 1 unspecified atom stereocenters. The number of hydrogen-bond acceptors (Lipinski definition) is 1. The summed E-state index contributed by atoms with van der Waals surface area (Å²) in [5.41, 5.74) is 7.80. The average molecular weight is 331 g/mol. The average Bonchev–Trinajstić information content (AvgIpc) is 2.30. The van der Waals surface area contributed by atoms with E-state index in [4.69, 9.17) is 5.73 Å². The van der Waals surface area contributed by atoms with Crippen LogP contribution >= 0.6 is 22.6 Å². The summed E-state index contributed by atoms with van der Waals surface area (Å²) in [6.45, 7) is 4.42. The second-order valence-corrected chi connectivity index (χ2v) is 5.87. The van der Waals surface area contributed by atoms with Gasteiger partial charge in [0.25, 0.3) is 0 Å². The van der Waals surface area contributed by atoms with E-state index >= 15 is 0 Å². The van der Waals surface area contributed by atoms with Crippen LogP contribution in [0.2, 0.25) is 0 Å². The fraction of sp³-hybridized carbons (Fsp3) is 0.571. The molecule has 0 amide bonds. The predicted octanol–water partition coefficient (Wildman–Crippen LogP) is 4.13. The van der Waals surface area contributed by atoms with Gasteiger partial charge in [-0.2, -0.15) is 0 Å². The molecule has 0 aliphatic carbocycles. The maximum Gasteiger partial charge on any atom is 0.0192 e. The molecule has 1 aromatic rings. The van der Waals surface area contributed by atoms with E-state index in [0.29, 0.717) is 0 Å². The van der Waals surface area contributed by atoms with Crippen LogP contribution in [-0.4, -0.2) is 5.54 Å². The molecular weight excluding hydrogens is 309 g/mol. The standard InChI is InChI=1S/C14H22IN/c1-3-5-10-14(16,4-2)11-12-6-8-13(15)9-7-12/h6-9H,3-5,10-11,16H2,1-2H3. The maximum atomic E-state index is 6.45. The first-order chi connectivity index (χ1) is 7.59. The van der Waals surface area contributed by atoms with Crippen LogP contribution in [0.3, 0.4) is 0 Å². The summed E-state index contributed by atoms with van der Waals surface area (Å²) < 4.78 is 1.29. The third kappa shape index (κ3) is 4.42. The van der Waals surface area contributed by atoms with E-state index in [1.165, 1.54) is 22.0 Å². The smallest absolute Gasteiger partial charge is 0.0192 e. The molecular formula is C14H22IN. The van der Waals surface area contributed by atoms with E-state index in [1.807, 2.05) is 0 Å². The number of halogens is 1. The molecule has 0 radical (unpaired) electrons. The van der Waals surface area contributed by atoms with E-state index < -0.39 is 0 Å². The first-order valence-corrected chi connectivity index (χ1v) is 7.21. The molecule has 2 heteroatoms. The molecule has 1 nitrogen and oxygen atoms in total. The lowest BCUT2D eigenvalue weighted by Gasteiger charge is -2.28. The summed E-state index contributed by atoms with van der Waals surface area (Å²) in [6, 6.07) is 8.72. The van der Waals surface area contributed by atoms with Crippen molar-refractivity contribution in [3.05, 3.63) is 33.4 Å². The Labute approximate surface area is 113 Å². The minimum Gasteiger partial charge on any atom is -0.325 e. The van der Waals surface area contributed by atoms with Crippen molar-refractivity contribution in [3.8, 4) is 0 Å². The van der Waals surface area contributed by atoms with Gasteiger partial charge in [-0.05, 0) is 59.5 Å². The van der Waals surface area contributed by atoms with Gasteiger partial charge in [-0.15, -0.1) is 0 Å². The monoisotopic (exact) mass is 331 g/mol. The zero-order valence-electron chi connectivity index (χ0n) is 10.3. The zero-order chi connectivity index (χ0) is 12.0. The van der Waals surface area contributed by atoms with Gasteiger partial charge in [0.1, 0.15) is 0 Å². The van der Waals surface area contributed by atoms with Crippen LogP contribution in [0.25, 0.3) is 0 Å². The predicted molar refractivity (Wildman–Crippen MR) is 79.6 cm³/mol. The Kier molecular flexibility index (Phi) is 5.76. The summed E-state index contributed by atoms with van der Waals surface area (Å²) in [5.74, 6) is 0. The van der Waals surface area contributed by atoms with E-state index in [-0.39, 0.29) is 5.54 Å². The van der Waals surface area contributed by atoms with E-state index in [0.717, 1.165) is 19.3 Å². The van der Waals surface area contributed by atoms with Crippen molar-refractivity contribution >= 4 is 22.6 Å². The first kappa shape index (κ1) is 14.0. The number of rotatable bonds is 6. The van der Waals surface area contributed by atoms with Crippen molar-refractivity contribution in [2.24, 2.45) is 5.73 Å². The molecule has 0 fully saturated rings. The van der Waals surface area contributed by atoms with Crippen LogP contribution in [0.15, 0.2) is 24.3 Å². The van der Waals surface area contributed by atoms with Gasteiger partial charge in [0.05, 0.1) is 0 Å². The van der Waals surface area contributed by atoms with E-state index in [9.17, 15) is 0 Å². The van der Waals surface area contributed by atoms with Crippen LogP contribution < -0.4 is 5.73 Å².